The van der Waals surface area contributed by atoms with Gasteiger partial charge in [-0.3, -0.25) is 4.79 Å². The molecule has 3 nitrogen and oxygen atoms in total. The van der Waals surface area contributed by atoms with Crippen molar-refractivity contribution in [3.05, 3.63) is 56.7 Å². The van der Waals surface area contributed by atoms with E-state index in [1.165, 1.54) is 0 Å². The van der Waals surface area contributed by atoms with Crippen molar-refractivity contribution in [2.45, 2.75) is 6.92 Å². The third-order valence-corrected chi connectivity index (χ3v) is 4.19. The highest BCUT2D eigenvalue weighted by atomic mass is 127. The number of aryl methyl sites for hydroxylation is 1. The van der Waals surface area contributed by atoms with E-state index in [-0.39, 0.29) is 11.4 Å². The molecule has 104 valence electrons. The molecule has 0 aliphatic heterocycles. The number of nitrogens with two attached hydrogens (primary N) is 1. The van der Waals surface area contributed by atoms with E-state index >= 15 is 0 Å². The van der Waals surface area contributed by atoms with E-state index in [0.717, 1.165) is 15.2 Å². The fourth-order valence-electron chi connectivity index (χ4n) is 1.73. The second kappa shape index (κ2) is 5.74. The molecule has 1 amide bonds. The number of rotatable bonds is 2. The summed E-state index contributed by atoms with van der Waals surface area (Å²) in [4.78, 5) is 12.1. The molecule has 2 aromatic carbocycles. The Hall–Kier alpha value is -1.70. The normalized spacial score (nSPS) is 10.4. The summed E-state index contributed by atoms with van der Waals surface area (Å²) in [5.41, 5.74) is 6.50. The summed E-state index contributed by atoms with van der Waals surface area (Å²) >= 11 is 2.04. The molecule has 20 heavy (non-hydrogen) atoms. The van der Waals surface area contributed by atoms with Crippen LogP contribution in [0.25, 0.3) is 0 Å². The molecule has 0 bridgehead atoms. The second-order valence-corrected chi connectivity index (χ2v) is 5.32. The first-order chi connectivity index (χ1) is 9.40. The maximum absolute atomic E-state index is 13.6. The summed E-state index contributed by atoms with van der Waals surface area (Å²) in [6.45, 7) is 1.87. The molecular weight excluding hydrogens is 377 g/mol. The smallest absolute Gasteiger partial charge is 0.256 e. The molecule has 0 spiro atoms. The number of nitrogen functional groups attached to an aromatic ring is 1. The van der Waals surface area contributed by atoms with Crippen LogP contribution in [0.3, 0.4) is 0 Å². The second-order valence-electron chi connectivity index (χ2n) is 4.24. The molecule has 0 atom stereocenters. The Morgan fingerprint density at radius 1 is 1.30 bits per heavy atom. The molecule has 3 N–H and O–H groups in total. The molecule has 0 saturated heterocycles. The van der Waals surface area contributed by atoms with Crippen molar-refractivity contribution < 1.29 is 13.6 Å². The zero-order valence-corrected chi connectivity index (χ0v) is 12.7. The van der Waals surface area contributed by atoms with Crippen molar-refractivity contribution in [2.24, 2.45) is 0 Å². The molecule has 2 aromatic rings. The van der Waals surface area contributed by atoms with Gasteiger partial charge < -0.3 is 11.1 Å². The molecule has 0 saturated carbocycles. The minimum absolute atomic E-state index is 0.154. The molecule has 0 radical (unpaired) electrons. The lowest BCUT2D eigenvalue weighted by molar-refractivity contribution is 0.102. The van der Waals surface area contributed by atoms with Crippen LogP contribution in [0, 0.1) is 22.1 Å². The average molecular weight is 388 g/mol. The van der Waals surface area contributed by atoms with Crippen LogP contribution in [0.2, 0.25) is 0 Å². The SMILES string of the molecule is Cc1cccc(C(=O)Nc2c(N)cc(F)cc2F)c1I. The minimum Gasteiger partial charge on any atom is -0.397 e. The fraction of sp³-hybridized carbons (Fsp3) is 0.0714. The van der Waals surface area contributed by atoms with Crippen LogP contribution in [0.15, 0.2) is 30.3 Å². The number of halogens is 3. The van der Waals surface area contributed by atoms with Crippen LogP contribution < -0.4 is 11.1 Å². The molecule has 0 fully saturated rings. The highest BCUT2D eigenvalue weighted by Crippen LogP contribution is 2.25. The zero-order valence-electron chi connectivity index (χ0n) is 10.5. The quantitative estimate of drug-likeness (QED) is 0.609. The summed E-state index contributed by atoms with van der Waals surface area (Å²) < 4.78 is 27.3. The summed E-state index contributed by atoms with van der Waals surface area (Å²) in [6.07, 6.45) is 0. The van der Waals surface area contributed by atoms with Crippen molar-refractivity contribution in [1.29, 1.82) is 0 Å². The molecule has 2 rings (SSSR count). The predicted molar refractivity (Wildman–Crippen MR) is 82.6 cm³/mol. The van der Waals surface area contributed by atoms with Gasteiger partial charge in [0.25, 0.3) is 5.91 Å². The van der Waals surface area contributed by atoms with Gasteiger partial charge >= 0.3 is 0 Å². The Morgan fingerprint density at radius 3 is 2.65 bits per heavy atom. The Balaban J connectivity index is 2.36. The number of carbonyl (C=O) groups is 1. The monoisotopic (exact) mass is 388 g/mol. The number of carbonyl (C=O) groups excluding carboxylic acids is 1. The van der Waals surface area contributed by atoms with E-state index in [1.807, 2.05) is 35.6 Å². The van der Waals surface area contributed by atoms with Gasteiger partial charge in [-0.1, -0.05) is 12.1 Å². The first-order valence-electron chi connectivity index (χ1n) is 5.71. The zero-order chi connectivity index (χ0) is 14.9. The average Bonchev–Trinajstić information content (AvgIpc) is 2.36. The van der Waals surface area contributed by atoms with E-state index in [2.05, 4.69) is 5.32 Å². The maximum atomic E-state index is 13.6. The van der Waals surface area contributed by atoms with E-state index in [1.54, 1.807) is 12.1 Å². The summed E-state index contributed by atoms with van der Waals surface area (Å²) in [6, 6.07) is 6.86. The predicted octanol–water partition coefficient (Wildman–Crippen LogP) is 3.71. The van der Waals surface area contributed by atoms with E-state index in [4.69, 9.17) is 5.73 Å². The van der Waals surface area contributed by atoms with Gasteiger partial charge in [0.1, 0.15) is 11.5 Å². The van der Waals surface area contributed by atoms with Crippen molar-refractivity contribution in [2.75, 3.05) is 11.1 Å². The van der Waals surface area contributed by atoms with Gasteiger partial charge in [0, 0.05) is 9.64 Å². The van der Waals surface area contributed by atoms with Crippen LogP contribution in [0.1, 0.15) is 15.9 Å². The van der Waals surface area contributed by atoms with Gasteiger partial charge in [-0.2, -0.15) is 0 Å². The molecule has 0 aliphatic carbocycles. The van der Waals surface area contributed by atoms with Gasteiger partial charge in [0.15, 0.2) is 5.82 Å². The molecule has 0 aromatic heterocycles. The Bertz CT molecular complexity index is 666. The fourth-order valence-corrected chi connectivity index (χ4v) is 2.33. The van der Waals surface area contributed by atoms with Gasteiger partial charge in [0.05, 0.1) is 11.3 Å². The lowest BCUT2D eigenvalue weighted by Crippen LogP contribution is -2.16. The highest BCUT2D eigenvalue weighted by Gasteiger charge is 2.16. The van der Waals surface area contributed by atoms with Gasteiger partial charge in [-0.25, -0.2) is 8.78 Å². The topological polar surface area (TPSA) is 55.1 Å². The molecule has 0 aliphatic rings. The Kier molecular flexibility index (Phi) is 4.22. The van der Waals surface area contributed by atoms with Crippen LogP contribution in [0.4, 0.5) is 20.2 Å². The van der Waals surface area contributed by atoms with E-state index < -0.39 is 17.5 Å². The van der Waals surface area contributed by atoms with Crippen molar-refractivity contribution in [3.63, 3.8) is 0 Å². The largest absolute Gasteiger partial charge is 0.397 e. The van der Waals surface area contributed by atoms with Crippen LogP contribution >= 0.6 is 22.6 Å². The van der Waals surface area contributed by atoms with Gasteiger partial charge in [-0.05, 0) is 47.2 Å². The molecule has 0 heterocycles. The summed E-state index contributed by atoms with van der Waals surface area (Å²) in [5.74, 6) is -2.18. The van der Waals surface area contributed by atoms with E-state index in [9.17, 15) is 13.6 Å². The third-order valence-electron chi connectivity index (χ3n) is 2.76. The number of anilines is 2. The van der Waals surface area contributed by atoms with Crippen LogP contribution in [0.5, 0.6) is 0 Å². The van der Waals surface area contributed by atoms with Gasteiger partial charge in [-0.15, -0.1) is 0 Å². The molecular formula is C14H11F2IN2O. The van der Waals surface area contributed by atoms with Crippen molar-refractivity contribution in [3.8, 4) is 0 Å². The number of benzene rings is 2. The minimum atomic E-state index is -0.904. The summed E-state index contributed by atoms with van der Waals surface area (Å²) in [5, 5.41) is 2.38. The highest BCUT2D eigenvalue weighted by molar-refractivity contribution is 14.1. The standard InChI is InChI=1S/C14H11F2IN2O/c1-7-3-2-4-9(12(7)17)14(20)19-13-10(16)5-8(15)6-11(13)18/h2-6H,18H2,1H3,(H,19,20). The number of nitrogens with one attached hydrogen (secondary N) is 1. The Labute approximate surface area is 128 Å². The summed E-state index contributed by atoms with van der Waals surface area (Å²) in [7, 11) is 0. The van der Waals surface area contributed by atoms with Crippen molar-refractivity contribution in [1.82, 2.24) is 0 Å². The first-order valence-corrected chi connectivity index (χ1v) is 6.79. The molecule has 6 heteroatoms. The lowest BCUT2D eigenvalue weighted by Gasteiger charge is -2.11. The van der Waals surface area contributed by atoms with Gasteiger partial charge in [0.2, 0.25) is 0 Å². The lowest BCUT2D eigenvalue weighted by atomic mass is 10.1. The number of hydrogen-bond donors (Lipinski definition) is 2. The van der Waals surface area contributed by atoms with E-state index in [0.29, 0.717) is 11.6 Å². The number of hydrogen-bond acceptors (Lipinski definition) is 2. The number of amides is 1. The third kappa shape index (κ3) is 2.90. The first kappa shape index (κ1) is 14.7. The molecule has 0 unspecified atom stereocenters. The van der Waals surface area contributed by atoms with Crippen molar-refractivity contribution >= 4 is 39.9 Å². The Morgan fingerprint density at radius 2 is 2.00 bits per heavy atom. The van der Waals surface area contributed by atoms with Crippen LogP contribution in [-0.4, -0.2) is 5.91 Å². The van der Waals surface area contributed by atoms with Crippen LogP contribution in [-0.2, 0) is 0 Å². The maximum Gasteiger partial charge on any atom is 0.256 e.